The van der Waals surface area contributed by atoms with E-state index in [1.807, 2.05) is 0 Å². The summed E-state index contributed by atoms with van der Waals surface area (Å²) in [5.41, 5.74) is 5.96. The first-order valence-corrected chi connectivity index (χ1v) is 5.36. The lowest BCUT2D eigenvalue weighted by Gasteiger charge is -2.08. The van der Waals surface area contributed by atoms with E-state index < -0.39 is 5.82 Å². The summed E-state index contributed by atoms with van der Waals surface area (Å²) in [6.45, 7) is 0. The molecule has 1 aromatic carbocycles. The Morgan fingerprint density at radius 2 is 1.94 bits per heavy atom. The van der Waals surface area contributed by atoms with Gasteiger partial charge in [0.1, 0.15) is 0 Å². The number of halogens is 3. The zero-order valence-corrected chi connectivity index (χ0v) is 9.97. The minimum Gasteiger partial charge on any atom is -0.434 e. The molecule has 0 atom stereocenters. The number of aromatic nitrogens is 1. The molecule has 0 saturated heterocycles. The average molecular weight is 273 g/mol. The average Bonchev–Trinajstić information content (AvgIpc) is 2.25. The van der Waals surface area contributed by atoms with Crippen LogP contribution in [0, 0.1) is 5.82 Å². The van der Waals surface area contributed by atoms with Crippen molar-refractivity contribution in [1.29, 1.82) is 0 Å². The lowest BCUT2D eigenvalue weighted by Crippen LogP contribution is -1.95. The molecule has 0 spiro atoms. The normalized spacial score (nSPS) is 10.3. The van der Waals surface area contributed by atoms with Crippen molar-refractivity contribution in [3.8, 4) is 11.6 Å². The molecule has 2 N–H and O–H groups in total. The molecule has 2 rings (SSSR count). The number of ether oxygens (including phenoxy) is 1. The Balaban J connectivity index is 2.31. The Bertz CT molecular complexity index is 514. The third-order valence-electron chi connectivity index (χ3n) is 1.95. The smallest absolute Gasteiger partial charge is 0.256 e. The van der Waals surface area contributed by atoms with Crippen molar-refractivity contribution in [2.24, 2.45) is 0 Å². The molecule has 0 amide bonds. The molecule has 0 saturated carbocycles. The quantitative estimate of drug-likeness (QED) is 0.844. The molecule has 6 heteroatoms. The molecule has 0 aliphatic carbocycles. The first kappa shape index (κ1) is 12.0. The molecule has 1 aromatic heterocycles. The van der Waals surface area contributed by atoms with E-state index in [0.29, 0.717) is 10.7 Å². The largest absolute Gasteiger partial charge is 0.434 e. The second-order valence-electron chi connectivity index (χ2n) is 3.22. The van der Waals surface area contributed by atoms with Gasteiger partial charge in [0.05, 0.1) is 10.7 Å². The van der Waals surface area contributed by atoms with E-state index >= 15 is 0 Å². The molecule has 0 radical (unpaired) electrons. The van der Waals surface area contributed by atoms with Crippen LogP contribution in [-0.4, -0.2) is 4.98 Å². The second kappa shape index (κ2) is 4.77. The van der Waals surface area contributed by atoms with Crippen LogP contribution in [0.4, 0.5) is 10.1 Å². The number of rotatable bonds is 2. The Morgan fingerprint density at radius 3 is 2.59 bits per heavy atom. The van der Waals surface area contributed by atoms with E-state index in [9.17, 15) is 4.39 Å². The molecule has 88 valence electrons. The molecule has 0 fully saturated rings. The van der Waals surface area contributed by atoms with E-state index in [0.717, 1.165) is 6.07 Å². The van der Waals surface area contributed by atoms with E-state index in [1.54, 1.807) is 6.07 Å². The van der Waals surface area contributed by atoms with E-state index in [4.69, 9.17) is 33.7 Å². The Kier molecular flexibility index (Phi) is 3.36. The first-order chi connectivity index (χ1) is 8.06. The Morgan fingerprint density at radius 1 is 1.18 bits per heavy atom. The van der Waals surface area contributed by atoms with Gasteiger partial charge in [-0.3, -0.25) is 0 Å². The van der Waals surface area contributed by atoms with Gasteiger partial charge in [0, 0.05) is 11.2 Å². The Labute approximate surface area is 107 Å². The summed E-state index contributed by atoms with van der Waals surface area (Å²) in [5.74, 6) is -0.571. The molecule has 0 aliphatic rings. The van der Waals surface area contributed by atoms with Gasteiger partial charge in [-0.15, -0.1) is 0 Å². The topological polar surface area (TPSA) is 48.1 Å². The maximum absolute atomic E-state index is 13.4. The summed E-state index contributed by atoms with van der Waals surface area (Å²) in [5, 5.41) is 0.665. The minimum atomic E-state index is -0.660. The van der Waals surface area contributed by atoms with Crippen LogP contribution in [0.25, 0.3) is 0 Å². The Hall–Kier alpha value is -1.52. The molecule has 3 nitrogen and oxygen atoms in total. The number of anilines is 1. The highest BCUT2D eigenvalue weighted by molar-refractivity contribution is 6.31. The van der Waals surface area contributed by atoms with Crippen molar-refractivity contribution in [3.63, 3.8) is 0 Å². The number of hydrogen-bond acceptors (Lipinski definition) is 3. The van der Waals surface area contributed by atoms with Crippen molar-refractivity contribution in [1.82, 2.24) is 4.98 Å². The highest BCUT2D eigenvalue weighted by Gasteiger charge is 2.09. The molecule has 17 heavy (non-hydrogen) atoms. The summed E-state index contributed by atoms with van der Waals surface area (Å²) >= 11 is 11.3. The number of nitrogens with two attached hydrogens (primary N) is 1. The predicted octanol–water partition coefficient (Wildman–Crippen LogP) is 3.90. The molecule has 1 heterocycles. The molecular weight excluding hydrogens is 266 g/mol. The highest BCUT2D eigenvalue weighted by atomic mass is 35.5. The number of nitrogens with zero attached hydrogens (tertiary/aromatic N) is 1. The second-order valence-corrected chi connectivity index (χ2v) is 4.10. The predicted molar refractivity (Wildman–Crippen MR) is 65.1 cm³/mol. The van der Waals surface area contributed by atoms with Crippen molar-refractivity contribution in [3.05, 3.63) is 46.3 Å². The summed E-state index contributed by atoms with van der Waals surface area (Å²) in [6.07, 6.45) is 1.28. The monoisotopic (exact) mass is 272 g/mol. The van der Waals surface area contributed by atoms with Crippen molar-refractivity contribution < 1.29 is 9.13 Å². The van der Waals surface area contributed by atoms with E-state index in [1.165, 1.54) is 18.3 Å². The SMILES string of the molecule is Nc1cc(Cl)ccc1Oc1ncc(Cl)cc1F. The zero-order chi connectivity index (χ0) is 12.4. The maximum Gasteiger partial charge on any atom is 0.256 e. The van der Waals surface area contributed by atoms with E-state index in [2.05, 4.69) is 4.98 Å². The number of nitrogen functional groups attached to an aromatic ring is 1. The van der Waals surface area contributed by atoms with E-state index in [-0.39, 0.29) is 16.7 Å². The van der Waals surface area contributed by atoms with Crippen LogP contribution in [0.1, 0.15) is 0 Å². The zero-order valence-electron chi connectivity index (χ0n) is 8.45. The summed E-state index contributed by atoms with van der Waals surface area (Å²) in [7, 11) is 0. The van der Waals surface area contributed by atoms with Crippen LogP contribution in [0.2, 0.25) is 10.0 Å². The van der Waals surface area contributed by atoms with Crippen molar-refractivity contribution in [2.75, 3.05) is 5.73 Å². The fraction of sp³-hybridized carbons (Fsp3) is 0. The fourth-order valence-corrected chi connectivity index (χ4v) is 1.52. The van der Waals surface area contributed by atoms with Crippen LogP contribution in [0.15, 0.2) is 30.5 Å². The van der Waals surface area contributed by atoms with Gasteiger partial charge in [0.2, 0.25) is 0 Å². The molecule has 0 bridgehead atoms. The molecular formula is C11H7Cl2FN2O. The first-order valence-electron chi connectivity index (χ1n) is 4.60. The fourth-order valence-electron chi connectivity index (χ4n) is 1.19. The van der Waals surface area contributed by atoms with Crippen LogP contribution < -0.4 is 10.5 Å². The van der Waals surface area contributed by atoms with Crippen LogP contribution in [0.3, 0.4) is 0 Å². The number of benzene rings is 1. The highest BCUT2D eigenvalue weighted by Crippen LogP contribution is 2.30. The van der Waals surface area contributed by atoms with Crippen molar-refractivity contribution >= 4 is 28.9 Å². The maximum atomic E-state index is 13.4. The van der Waals surface area contributed by atoms with Gasteiger partial charge in [-0.05, 0) is 24.3 Å². The minimum absolute atomic E-state index is 0.191. The third-order valence-corrected chi connectivity index (χ3v) is 2.39. The molecule has 0 aliphatic heterocycles. The lowest BCUT2D eigenvalue weighted by molar-refractivity contribution is 0.424. The van der Waals surface area contributed by atoms with Gasteiger partial charge in [0.25, 0.3) is 5.88 Å². The summed E-state index contributed by atoms with van der Waals surface area (Å²) in [6, 6.07) is 5.73. The van der Waals surface area contributed by atoms with Gasteiger partial charge in [-0.1, -0.05) is 23.2 Å². The van der Waals surface area contributed by atoms with Crippen molar-refractivity contribution in [2.45, 2.75) is 0 Å². The summed E-state index contributed by atoms with van der Waals surface area (Å²) in [4.78, 5) is 3.72. The van der Waals surface area contributed by atoms with Gasteiger partial charge in [0.15, 0.2) is 11.6 Å². The molecule has 2 aromatic rings. The van der Waals surface area contributed by atoms with Gasteiger partial charge in [-0.25, -0.2) is 9.37 Å². The van der Waals surface area contributed by atoms with Gasteiger partial charge >= 0.3 is 0 Å². The third kappa shape index (κ3) is 2.78. The number of pyridine rings is 1. The number of hydrogen-bond donors (Lipinski definition) is 1. The molecule has 0 unspecified atom stereocenters. The van der Waals surface area contributed by atoms with Gasteiger partial charge < -0.3 is 10.5 Å². The standard InChI is InChI=1S/C11H7Cl2FN2O/c12-6-1-2-10(9(15)4-6)17-11-8(14)3-7(13)5-16-11/h1-5H,15H2. The van der Waals surface area contributed by atoms with Crippen LogP contribution in [-0.2, 0) is 0 Å². The summed E-state index contributed by atoms with van der Waals surface area (Å²) < 4.78 is 18.6. The van der Waals surface area contributed by atoms with Crippen LogP contribution >= 0.6 is 23.2 Å². The van der Waals surface area contributed by atoms with Gasteiger partial charge in [-0.2, -0.15) is 0 Å². The van der Waals surface area contributed by atoms with Crippen LogP contribution in [0.5, 0.6) is 11.6 Å². The lowest BCUT2D eigenvalue weighted by atomic mass is 10.3.